The molecule has 0 bridgehead atoms. The Morgan fingerprint density at radius 3 is 2.26 bits per heavy atom. The van der Waals surface area contributed by atoms with E-state index in [1.165, 1.54) is 12.1 Å². The van der Waals surface area contributed by atoms with Crippen LogP contribution in [0.15, 0.2) is 18.2 Å². The Labute approximate surface area is 117 Å². The summed E-state index contributed by atoms with van der Waals surface area (Å²) >= 11 is 5.49. The minimum atomic E-state index is -4.45. The molecule has 0 aliphatic heterocycles. The molecule has 0 heterocycles. The van der Waals surface area contributed by atoms with Crippen LogP contribution in [0.4, 0.5) is 13.2 Å². The van der Waals surface area contributed by atoms with E-state index < -0.39 is 11.7 Å². The molecule has 0 saturated carbocycles. The molecule has 0 aliphatic rings. The van der Waals surface area contributed by atoms with E-state index in [-0.39, 0.29) is 10.8 Å². The largest absolute Gasteiger partial charge is 0.494 e. The SMILES string of the molecule is CC.CC(C)CCOc1ccc(Cl)c(C(F)(F)F)c1. The molecule has 0 amide bonds. The minimum Gasteiger partial charge on any atom is -0.494 e. The Bertz CT molecular complexity index is 375. The van der Waals surface area contributed by atoms with Crippen molar-refractivity contribution in [3.8, 4) is 5.75 Å². The first kappa shape index (κ1) is 18.1. The smallest absolute Gasteiger partial charge is 0.417 e. The summed E-state index contributed by atoms with van der Waals surface area (Å²) in [6, 6.07) is 3.58. The van der Waals surface area contributed by atoms with Crippen LogP contribution in [-0.2, 0) is 6.18 Å². The summed E-state index contributed by atoms with van der Waals surface area (Å²) in [5, 5.41) is -0.311. The van der Waals surface area contributed by atoms with E-state index in [4.69, 9.17) is 16.3 Å². The van der Waals surface area contributed by atoms with Gasteiger partial charge in [0.25, 0.3) is 0 Å². The number of hydrogen-bond acceptors (Lipinski definition) is 1. The topological polar surface area (TPSA) is 9.23 Å². The van der Waals surface area contributed by atoms with E-state index >= 15 is 0 Å². The molecular weight excluding hydrogens is 277 g/mol. The van der Waals surface area contributed by atoms with Crippen molar-refractivity contribution >= 4 is 11.6 Å². The Hall–Kier alpha value is -0.900. The highest BCUT2D eigenvalue weighted by Gasteiger charge is 2.33. The van der Waals surface area contributed by atoms with Crippen molar-refractivity contribution in [2.45, 2.75) is 40.3 Å². The van der Waals surface area contributed by atoms with Crippen LogP contribution in [0.2, 0.25) is 5.02 Å². The van der Waals surface area contributed by atoms with Crippen LogP contribution < -0.4 is 4.74 Å². The van der Waals surface area contributed by atoms with E-state index in [9.17, 15) is 13.2 Å². The Balaban J connectivity index is 0.00000154. The fourth-order valence-electron chi connectivity index (χ4n) is 1.22. The molecule has 110 valence electrons. The monoisotopic (exact) mass is 296 g/mol. The number of ether oxygens (including phenoxy) is 1. The lowest BCUT2D eigenvalue weighted by Gasteiger charge is -2.12. The molecule has 0 aromatic heterocycles. The molecule has 1 nitrogen and oxygen atoms in total. The van der Waals surface area contributed by atoms with Crippen molar-refractivity contribution in [1.29, 1.82) is 0 Å². The maximum absolute atomic E-state index is 12.5. The molecule has 0 fully saturated rings. The predicted octanol–water partition coefficient (Wildman–Crippen LogP) is 5.81. The molecular formula is C14H20ClF3O. The third kappa shape index (κ3) is 6.71. The van der Waals surface area contributed by atoms with Gasteiger partial charge in [-0.2, -0.15) is 13.2 Å². The summed E-state index contributed by atoms with van der Waals surface area (Å²) in [7, 11) is 0. The van der Waals surface area contributed by atoms with Gasteiger partial charge in [-0.1, -0.05) is 39.3 Å². The van der Waals surface area contributed by atoms with Gasteiger partial charge < -0.3 is 4.74 Å². The summed E-state index contributed by atoms with van der Waals surface area (Å²) in [6.07, 6.45) is -3.65. The van der Waals surface area contributed by atoms with Crippen molar-refractivity contribution in [1.82, 2.24) is 0 Å². The molecule has 0 aliphatic carbocycles. The van der Waals surface area contributed by atoms with Crippen molar-refractivity contribution in [3.05, 3.63) is 28.8 Å². The number of hydrogen-bond donors (Lipinski definition) is 0. The van der Waals surface area contributed by atoms with E-state index in [0.717, 1.165) is 12.5 Å². The minimum absolute atomic E-state index is 0.197. The summed E-state index contributed by atoms with van der Waals surface area (Å²) < 4.78 is 42.9. The molecule has 0 atom stereocenters. The first-order chi connectivity index (χ1) is 8.80. The second-order valence-electron chi connectivity index (χ2n) is 4.17. The van der Waals surface area contributed by atoms with Gasteiger partial charge in [-0.05, 0) is 30.5 Å². The predicted molar refractivity (Wildman–Crippen MR) is 72.8 cm³/mol. The summed E-state index contributed by atoms with van der Waals surface area (Å²) in [6.45, 7) is 8.44. The first-order valence-corrected chi connectivity index (χ1v) is 6.68. The van der Waals surface area contributed by atoms with Crippen LogP contribution in [0, 0.1) is 5.92 Å². The average Bonchev–Trinajstić information content (AvgIpc) is 2.32. The van der Waals surface area contributed by atoms with Crippen LogP contribution in [0.3, 0.4) is 0 Å². The van der Waals surface area contributed by atoms with Crippen molar-refractivity contribution in [2.75, 3.05) is 6.61 Å². The van der Waals surface area contributed by atoms with E-state index in [2.05, 4.69) is 0 Å². The summed E-state index contributed by atoms with van der Waals surface area (Å²) in [5.41, 5.74) is -0.860. The van der Waals surface area contributed by atoms with E-state index in [1.54, 1.807) is 0 Å². The van der Waals surface area contributed by atoms with Crippen molar-refractivity contribution < 1.29 is 17.9 Å². The normalized spacial score (nSPS) is 11.0. The molecule has 1 aromatic rings. The van der Waals surface area contributed by atoms with E-state index in [1.807, 2.05) is 27.7 Å². The lowest BCUT2D eigenvalue weighted by molar-refractivity contribution is -0.137. The van der Waals surface area contributed by atoms with Gasteiger partial charge in [0, 0.05) is 0 Å². The van der Waals surface area contributed by atoms with Gasteiger partial charge in [0.15, 0.2) is 0 Å². The number of halogens is 4. The third-order valence-corrected chi connectivity index (χ3v) is 2.54. The molecule has 0 radical (unpaired) electrons. The lowest BCUT2D eigenvalue weighted by Crippen LogP contribution is -2.07. The van der Waals surface area contributed by atoms with Gasteiger partial charge in [0.1, 0.15) is 5.75 Å². The second kappa shape index (κ2) is 8.31. The lowest BCUT2D eigenvalue weighted by atomic mass is 10.1. The van der Waals surface area contributed by atoms with Crippen LogP contribution in [0.1, 0.15) is 39.7 Å². The molecule has 19 heavy (non-hydrogen) atoms. The van der Waals surface area contributed by atoms with Gasteiger partial charge in [0.2, 0.25) is 0 Å². The Morgan fingerprint density at radius 2 is 1.79 bits per heavy atom. The highest BCUT2D eigenvalue weighted by molar-refractivity contribution is 6.31. The molecule has 1 rings (SSSR count). The van der Waals surface area contributed by atoms with Gasteiger partial charge >= 0.3 is 6.18 Å². The quantitative estimate of drug-likeness (QED) is 0.681. The maximum atomic E-state index is 12.5. The Morgan fingerprint density at radius 1 is 1.21 bits per heavy atom. The Kier molecular flexibility index (Phi) is 7.91. The number of benzene rings is 1. The molecule has 0 saturated heterocycles. The van der Waals surface area contributed by atoms with Crippen molar-refractivity contribution in [3.63, 3.8) is 0 Å². The zero-order valence-corrected chi connectivity index (χ0v) is 12.4. The van der Waals surface area contributed by atoms with Gasteiger partial charge in [-0.3, -0.25) is 0 Å². The van der Waals surface area contributed by atoms with Gasteiger partial charge in [0.05, 0.1) is 17.2 Å². The number of alkyl halides is 3. The second-order valence-corrected chi connectivity index (χ2v) is 4.58. The van der Waals surface area contributed by atoms with E-state index in [0.29, 0.717) is 12.5 Å². The zero-order valence-electron chi connectivity index (χ0n) is 11.6. The molecule has 0 N–H and O–H groups in total. The summed E-state index contributed by atoms with van der Waals surface area (Å²) in [5.74, 6) is 0.645. The zero-order chi connectivity index (χ0) is 15.1. The van der Waals surface area contributed by atoms with Crippen molar-refractivity contribution in [2.24, 2.45) is 5.92 Å². The standard InChI is InChI=1S/C12H14ClF3O.C2H6/c1-8(2)5-6-17-9-3-4-11(13)10(7-9)12(14,15)16;1-2/h3-4,7-8H,5-6H2,1-2H3;1-2H3. The van der Waals surface area contributed by atoms with Gasteiger partial charge in [-0.15, -0.1) is 0 Å². The van der Waals surface area contributed by atoms with Gasteiger partial charge in [-0.25, -0.2) is 0 Å². The summed E-state index contributed by atoms with van der Waals surface area (Å²) in [4.78, 5) is 0. The van der Waals surface area contributed by atoms with Crippen LogP contribution in [0.25, 0.3) is 0 Å². The van der Waals surface area contributed by atoms with Crippen LogP contribution >= 0.6 is 11.6 Å². The fourth-order valence-corrected chi connectivity index (χ4v) is 1.45. The molecule has 0 spiro atoms. The van der Waals surface area contributed by atoms with Crippen LogP contribution in [-0.4, -0.2) is 6.61 Å². The average molecular weight is 297 g/mol. The molecule has 1 aromatic carbocycles. The third-order valence-electron chi connectivity index (χ3n) is 2.21. The highest BCUT2D eigenvalue weighted by atomic mass is 35.5. The van der Waals surface area contributed by atoms with Crippen LogP contribution in [0.5, 0.6) is 5.75 Å². The maximum Gasteiger partial charge on any atom is 0.417 e. The number of rotatable bonds is 4. The fraction of sp³-hybridized carbons (Fsp3) is 0.571. The highest BCUT2D eigenvalue weighted by Crippen LogP contribution is 2.36. The molecule has 5 heteroatoms. The first-order valence-electron chi connectivity index (χ1n) is 6.30. The molecule has 0 unspecified atom stereocenters.